The molecule has 0 radical (unpaired) electrons. The van der Waals surface area contributed by atoms with Crippen LogP contribution < -0.4 is 10.6 Å². The molecule has 0 atom stereocenters. The molecule has 1 aliphatic heterocycles. The Balaban J connectivity index is 1.63. The Hall–Kier alpha value is -3.35. The van der Waals surface area contributed by atoms with Crippen molar-refractivity contribution in [3.05, 3.63) is 64.7 Å². The molecule has 1 saturated heterocycles. The van der Waals surface area contributed by atoms with E-state index < -0.39 is 5.91 Å². The Labute approximate surface area is 176 Å². The summed E-state index contributed by atoms with van der Waals surface area (Å²) in [6, 6.07) is 8.81. The molecule has 0 saturated carbocycles. The van der Waals surface area contributed by atoms with E-state index in [0.29, 0.717) is 37.3 Å². The van der Waals surface area contributed by atoms with Gasteiger partial charge in [-0.05, 0) is 62.1 Å². The van der Waals surface area contributed by atoms with Crippen LogP contribution in [0.1, 0.15) is 46.5 Å². The molecule has 2 heterocycles. The number of rotatable bonds is 8. The quantitative estimate of drug-likeness (QED) is 0.518. The van der Waals surface area contributed by atoms with Crippen molar-refractivity contribution >= 4 is 23.8 Å². The number of hydrogen-bond acceptors (Lipinski definition) is 4. The van der Waals surface area contributed by atoms with E-state index in [9.17, 15) is 14.4 Å². The average Bonchev–Trinajstić information content (AvgIpc) is 3.38. The average molecular weight is 409 g/mol. The molecule has 3 amide bonds. The minimum absolute atomic E-state index is 0.102. The van der Waals surface area contributed by atoms with Gasteiger partial charge in [-0.25, -0.2) is 0 Å². The van der Waals surface area contributed by atoms with Gasteiger partial charge in [0.1, 0.15) is 11.5 Å². The number of aryl methyl sites for hydroxylation is 2. The Bertz CT molecular complexity index is 947. The molecule has 0 aliphatic carbocycles. The van der Waals surface area contributed by atoms with Gasteiger partial charge in [0.25, 0.3) is 11.8 Å². The molecular formula is C23H27N3O4. The van der Waals surface area contributed by atoms with Gasteiger partial charge in [0.15, 0.2) is 0 Å². The van der Waals surface area contributed by atoms with Crippen LogP contribution in [0.5, 0.6) is 0 Å². The molecule has 0 spiro atoms. The zero-order chi connectivity index (χ0) is 21.5. The Morgan fingerprint density at radius 1 is 1.20 bits per heavy atom. The fraction of sp³-hybridized carbons (Fsp3) is 0.348. The lowest BCUT2D eigenvalue weighted by molar-refractivity contribution is -0.127. The molecule has 0 bridgehead atoms. The molecule has 7 heteroatoms. The fourth-order valence-corrected chi connectivity index (χ4v) is 3.26. The Morgan fingerprint density at radius 3 is 2.70 bits per heavy atom. The SMILES string of the molecule is Cc1ccc(C(=O)N/C(=C\c2ccco2)C(=O)NCCCN2CCCC2=O)cc1C. The van der Waals surface area contributed by atoms with Gasteiger partial charge in [0, 0.05) is 37.7 Å². The van der Waals surface area contributed by atoms with Crippen molar-refractivity contribution in [3.63, 3.8) is 0 Å². The monoisotopic (exact) mass is 409 g/mol. The minimum Gasteiger partial charge on any atom is -0.465 e. The molecule has 30 heavy (non-hydrogen) atoms. The van der Waals surface area contributed by atoms with Crippen molar-refractivity contribution in [1.82, 2.24) is 15.5 Å². The largest absolute Gasteiger partial charge is 0.465 e. The molecule has 1 aliphatic rings. The minimum atomic E-state index is -0.406. The van der Waals surface area contributed by atoms with Gasteiger partial charge >= 0.3 is 0 Å². The van der Waals surface area contributed by atoms with Gasteiger partial charge in [-0.15, -0.1) is 0 Å². The summed E-state index contributed by atoms with van der Waals surface area (Å²) in [6.45, 7) is 5.71. The van der Waals surface area contributed by atoms with E-state index in [2.05, 4.69) is 10.6 Å². The molecule has 1 aromatic carbocycles. The lowest BCUT2D eigenvalue weighted by Gasteiger charge is -2.16. The van der Waals surface area contributed by atoms with Gasteiger partial charge in [-0.3, -0.25) is 14.4 Å². The van der Waals surface area contributed by atoms with Crippen molar-refractivity contribution in [2.75, 3.05) is 19.6 Å². The first-order valence-corrected chi connectivity index (χ1v) is 10.1. The summed E-state index contributed by atoms with van der Waals surface area (Å²) in [4.78, 5) is 38.9. The molecular weight excluding hydrogens is 382 g/mol. The number of likely N-dealkylation sites (tertiary alicyclic amines) is 1. The summed E-state index contributed by atoms with van der Waals surface area (Å²) in [5.74, 6) is -0.145. The van der Waals surface area contributed by atoms with Gasteiger partial charge < -0.3 is 20.0 Å². The number of nitrogens with one attached hydrogen (secondary N) is 2. The van der Waals surface area contributed by atoms with E-state index in [1.165, 1.54) is 12.3 Å². The van der Waals surface area contributed by atoms with E-state index >= 15 is 0 Å². The molecule has 7 nitrogen and oxygen atoms in total. The van der Waals surface area contributed by atoms with Crippen molar-refractivity contribution in [2.45, 2.75) is 33.1 Å². The van der Waals surface area contributed by atoms with Crippen LogP contribution in [0.3, 0.4) is 0 Å². The standard InChI is InChI=1S/C23H27N3O4/c1-16-8-9-18(14-17(16)2)22(28)25-20(15-19-6-4-13-30-19)23(29)24-10-5-12-26-11-3-7-21(26)27/h4,6,8-9,13-15H,3,5,7,10-12H2,1-2H3,(H,24,29)(H,25,28)/b20-15-. The number of carbonyl (C=O) groups is 3. The summed E-state index contributed by atoms with van der Waals surface area (Å²) in [5.41, 5.74) is 2.67. The number of amides is 3. The first-order chi connectivity index (χ1) is 14.4. The third kappa shape index (κ3) is 5.59. The van der Waals surface area contributed by atoms with Crippen molar-refractivity contribution in [3.8, 4) is 0 Å². The maximum absolute atomic E-state index is 12.7. The molecule has 2 N–H and O–H groups in total. The van der Waals surface area contributed by atoms with Crippen LogP contribution in [-0.2, 0) is 9.59 Å². The van der Waals surface area contributed by atoms with Crippen LogP contribution >= 0.6 is 0 Å². The lowest BCUT2D eigenvalue weighted by Crippen LogP contribution is -2.36. The number of benzene rings is 1. The van der Waals surface area contributed by atoms with Gasteiger partial charge in [-0.1, -0.05) is 6.07 Å². The van der Waals surface area contributed by atoms with Gasteiger partial charge in [0.05, 0.1) is 6.26 Å². The van der Waals surface area contributed by atoms with Crippen molar-refractivity contribution < 1.29 is 18.8 Å². The predicted molar refractivity (Wildman–Crippen MR) is 114 cm³/mol. The van der Waals surface area contributed by atoms with E-state index in [-0.39, 0.29) is 17.5 Å². The smallest absolute Gasteiger partial charge is 0.267 e. The fourth-order valence-electron chi connectivity index (χ4n) is 3.26. The Morgan fingerprint density at radius 2 is 2.03 bits per heavy atom. The zero-order valence-electron chi connectivity index (χ0n) is 17.4. The van der Waals surface area contributed by atoms with Crippen LogP contribution in [0.4, 0.5) is 0 Å². The second-order valence-corrected chi connectivity index (χ2v) is 7.42. The summed E-state index contributed by atoms with van der Waals surface area (Å²) < 4.78 is 5.29. The zero-order valence-corrected chi connectivity index (χ0v) is 17.4. The maximum Gasteiger partial charge on any atom is 0.267 e. The van der Waals surface area contributed by atoms with Crippen LogP contribution in [0.15, 0.2) is 46.7 Å². The first-order valence-electron chi connectivity index (χ1n) is 10.1. The highest BCUT2D eigenvalue weighted by Crippen LogP contribution is 2.12. The van der Waals surface area contributed by atoms with Crippen LogP contribution in [-0.4, -0.2) is 42.3 Å². The molecule has 2 aromatic rings. The van der Waals surface area contributed by atoms with E-state index in [1.54, 1.807) is 24.3 Å². The molecule has 1 aromatic heterocycles. The lowest BCUT2D eigenvalue weighted by atomic mass is 10.1. The molecule has 158 valence electrons. The summed E-state index contributed by atoms with van der Waals surface area (Å²) in [6.07, 6.45) is 5.15. The maximum atomic E-state index is 12.7. The predicted octanol–water partition coefficient (Wildman–Crippen LogP) is 2.80. The summed E-state index contributed by atoms with van der Waals surface area (Å²) >= 11 is 0. The highest BCUT2D eigenvalue weighted by Gasteiger charge is 2.20. The third-order valence-corrected chi connectivity index (χ3v) is 5.15. The second-order valence-electron chi connectivity index (χ2n) is 7.42. The number of hydrogen-bond donors (Lipinski definition) is 2. The van der Waals surface area contributed by atoms with Gasteiger partial charge in [-0.2, -0.15) is 0 Å². The summed E-state index contributed by atoms with van der Waals surface area (Å²) in [7, 11) is 0. The molecule has 1 fully saturated rings. The van der Waals surface area contributed by atoms with Crippen molar-refractivity contribution in [1.29, 1.82) is 0 Å². The topological polar surface area (TPSA) is 91.7 Å². The Kier molecular flexibility index (Phi) is 7.06. The highest BCUT2D eigenvalue weighted by atomic mass is 16.3. The summed E-state index contributed by atoms with van der Waals surface area (Å²) in [5, 5.41) is 5.50. The van der Waals surface area contributed by atoms with E-state index in [4.69, 9.17) is 4.42 Å². The number of nitrogens with zero attached hydrogens (tertiary/aromatic N) is 1. The van der Waals surface area contributed by atoms with Gasteiger partial charge in [0.2, 0.25) is 5.91 Å². The number of carbonyl (C=O) groups excluding carboxylic acids is 3. The van der Waals surface area contributed by atoms with E-state index in [1.807, 2.05) is 24.8 Å². The van der Waals surface area contributed by atoms with E-state index in [0.717, 1.165) is 24.1 Å². The molecule has 3 rings (SSSR count). The highest BCUT2D eigenvalue weighted by molar-refractivity contribution is 6.05. The van der Waals surface area contributed by atoms with Crippen LogP contribution in [0.2, 0.25) is 0 Å². The van der Waals surface area contributed by atoms with Crippen LogP contribution in [0.25, 0.3) is 6.08 Å². The number of furan rings is 1. The normalized spacial score (nSPS) is 14.1. The van der Waals surface area contributed by atoms with Crippen molar-refractivity contribution in [2.24, 2.45) is 0 Å². The second kappa shape index (κ2) is 9.91. The first kappa shape index (κ1) is 21.4. The molecule has 0 unspecified atom stereocenters. The van der Waals surface area contributed by atoms with Crippen LogP contribution in [0, 0.1) is 13.8 Å². The third-order valence-electron chi connectivity index (χ3n) is 5.15.